The molecule has 2 heterocycles. The molecule has 0 aliphatic heterocycles. The zero-order chi connectivity index (χ0) is 21.8. The molecule has 162 valence electrons. The Morgan fingerprint density at radius 1 is 1.29 bits per heavy atom. The van der Waals surface area contributed by atoms with E-state index in [9.17, 15) is 9.59 Å². The van der Waals surface area contributed by atoms with Gasteiger partial charge in [-0.3, -0.25) is 14.2 Å². The summed E-state index contributed by atoms with van der Waals surface area (Å²) >= 11 is 2.91. The molecule has 8 heteroatoms. The van der Waals surface area contributed by atoms with Crippen LogP contribution in [0.1, 0.15) is 29.7 Å². The Bertz CT molecular complexity index is 1170. The monoisotopic (exact) mass is 455 g/mol. The number of allylic oxidation sites excluding steroid dienone is 1. The fraction of sp³-hybridized carbons (Fsp3) is 0.348. The Kier molecular flexibility index (Phi) is 6.77. The van der Waals surface area contributed by atoms with Crippen molar-refractivity contribution in [1.29, 1.82) is 0 Å². The van der Waals surface area contributed by atoms with E-state index in [1.807, 2.05) is 0 Å². The number of hydrogen-bond acceptors (Lipinski definition) is 6. The van der Waals surface area contributed by atoms with Crippen LogP contribution in [-0.2, 0) is 24.2 Å². The second-order valence-electron chi connectivity index (χ2n) is 7.41. The zero-order valence-corrected chi connectivity index (χ0v) is 19.1. The molecule has 0 saturated carbocycles. The number of nitrogens with zero attached hydrogens (tertiary/aromatic N) is 2. The summed E-state index contributed by atoms with van der Waals surface area (Å²) < 4.78 is 6.77. The molecular weight excluding hydrogens is 430 g/mol. The van der Waals surface area contributed by atoms with E-state index in [1.54, 1.807) is 53.4 Å². The Balaban J connectivity index is 1.57. The maximum Gasteiger partial charge on any atom is 0.263 e. The van der Waals surface area contributed by atoms with Gasteiger partial charge >= 0.3 is 0 Å². The van der Waals surface area contributed by atoms with Crippen molar-refractivity contribution in [3.05, 3.63) is 57.7 Å². The van der Waals surface area contributed by atoms with E-state index in [0.717, 1.165) is 41.6 Å². The third-order valence-electron chi connectivity index (χ3n) is 5.31. The molecule has 1 aromatic carbocycles. The van der Waals surface area contributed by atoms with Crippen molar-refractivity contribution in [3.8, 4) is 5.75 Å². The van der Waals surface area contributed by atoms with E-state index in [2.05, 4.69) is 11.9 Å². The summed E-state index contributed by atoms with van der Waals surface area (Å²) in [6.45, 7) is 4.16. The molecule has 0 bridgehead atoms. The van der Waals surface area contributed by atoms with Gasteiger partial charge in [0.05, 0.1) is 18.2 Å². The van der Waals surface area contributed by atoms with Crippen molar-refractivity contribution in [1.82, 2.24) is 9.55 Å². The third-order valence-corrected chi connectivity index (χ3v) is 7.47. The summed E-state index contributed by atoms with van der Waals surface area (Å²) in [5.41, 5.74) is 1.85. The summed E-state index contributed by atoms with van der Waals surface area (Å²) in [4.78, 5) is 32.7. The molecule has 4 rings (SSSR count). The van der Waals surface area contributed by atoms with Gasteiger partial charge in [0.15, 0.2) is 5.16 Å². The number of hydrogen-bond donors (Lipinski definition) is 1. The zero-order valence-electron chi connectivity index (χ0n) is 17.5. The van der Waals surface area contributed by atoms with Crippen LogP contribution in [0.25, 0.3) is 10.2 Å². The highest BCUT2D eigenvalue weighted by Gasteiger charge is 2.21. The van der Waals surface area contributed by atoms with Crippen LogP contribution < -0.4 is 15.6 Å². The van der Waals surface area contributed by atoms with Crippen LogP contribution in [0, 0.1) is 0 Å². The third kappa shape index (κ3) is 4.70. The minimum absolute atomic E-state index is 0.0256. The number of aromatic nitrogens is 2. The molecule has 2 aromatic heterocycles. The Labute approximate surface area is 189 Å². The molecular formula is C23H25N3O3S2. The number of nitrogens with one attached hydrogen (secondary N) is 1. The van der Waals surface area contributed by atoms with Crippen LogP contribution in [0.5, 0.6) is 5.75 Å². The molecule has 0 spiro atoms. The van der Waals surface area contributed by atoms with Gasteiger partial charge in [-0.2, -0.15) is 0 Å². The average molecular weight is 456 g/mol. The number of carbonyl (C=O) groups is 1. The second kappa shape index (κ2) is 9.70. The summed E-state index contributed by atoms with van der Waals surface area (Å²) in [5, 5.41) is 4.18. The van der Waals surface area contributed by atoms with Crippen LogP contribution in [0.2, 0.25) is 0 Å². The number of rotatable bonds is 7. The van der Waals surface area contributed by atoms with Crippen molar-refractivity contribution >= 4 is 44.9 Å². The number of amides is 1. The Morgan fingerprint density at radius 2 is 2.06 bits per heavy atom. The molecule has 6 nitrogen and oxygen atoms in total. The molecule has 0 unspecified atom stereocenters. The highest BCUT2D eigenvalue weighted by Crippen LogP contribution is 2.34. The molecule has 1 N–H and O–H groups in total. The van der Waals surface area contributed by atoms with Crippen LogP contribution in [0.4, 0.5) is 5.69 Å². The van der Waals surface area contributed by atoms with E-state index in [-0.39, 0.29) is 17.2 Å². The van der Waals surface area contributed by atoms with Crippen molar-refractivity contribution in [2.45, 2.75) is 43.8 Å². The van der Waals surface area contributed by atoms with Gasteiger partial charge in [-0.1, -0.05) is 24.3 Å². The summed E-state index contributed by atoms with van der Waals surface area (Å²) in [5.74, 6) is 0.732. The summed E-state index contributed by atoms with van der Waals surface area (Å²) in [6, 6.07) is 7.16. The number of aryl methyl sites for hydroxylation is 2. The van der Waals surface area contributed by atoms with Crippen LogP contribution in [-0.4, -0.2) is 28.3 Å². The second-order valence-corrected chi connectivity index (χ2v) is 9.43. The molecule has 1 aliphatic rings. The predicted molar refractivity (Wildman–Crippen MR) is 128 cm³/mol. The van der Waals surface area contributed by atoms with Gasteiger partial charge < -0.3 is 10.1 Å². The first-order chi connectivity index (χ1) is 15.1. The fourth-order valence-corrected chi connectivity index (χ4v) is 5.91. The Morgan fingerprint density at radius 3 is 2.81 bits per heavy atom. The van der Waals surface area contributed by atoms with Gasteiger partial charge in [0.25, 0.3) is 5.56 Å². The van der Waals surface area contributed by atoms with Gasteiger partial charge in [-0.25, -0.2) is 4.98 Å². The largest absolute Gasteiger partial charge is 0.497 e. The minimum atomic E-state index is -0.156. The van der Waals surface area contributed by atoms with Gasteiger partial charge in [-0.15, -0.1) is 17.9 Å². The van der Waals surface area contributed by atoms with E-state index in [1.165, 1.54) is 28.6 Å². The van der Waals surface area contributed by atoms with Crippen LogP contribution in [0.3, 0.4) is 0 Å². The lowest BCUT2D eigenvalue weighted by Gasteiger charge is -2.11. The SMILES string of the molecule is C=CCn1c(SCC(=O)Nc2ccc(OC)cc2)nc2sc3c(c2c1=O)CCCCC3. The van der Waals surface area contributed by atoms with E-state index in [0.29, 0.717) is 17.4 Å². The van der Waals surface area contributed by atoms with Crippen molar-refractivity contribution in [2.24, 2.45) is 0 Å². The lowest BCUT2D eigenvalue weighted by atomic mass is 10.1. The fourth-order valence-electron chi connectivity index (χ4n) is 3.80. The normalized spacial score (nSPS) is 13.5. The lowest BCUT2D eigenvalue weighted by molar-refractivity contribution is -0.113. The Hall–Kier alpha value is -2.58. The van der Waals surface area contributed by atoms with E-state index in [4.69, 9.17) is 9.72 Å². The predicted octanol–water partition coefficient (Wildman–Crippen LogP) is 4.65. The highest BCUT2D eigenvalue weighted by atomic mass is 32.2. The maximum atomic E-state index is 13.3. The van der Waals surface area contributed by atoms with Gasteiger partial charge in [-0.05, 0) is 55.5 Å². The average Bonchev–Trinajstić information content (AvgIpc) is 2.96. The number of benzene rings is 1. The van der Waals surface area contributed by atoms with Crippen LogP contribution >= 0.6 is 23.1 Å². The van der Waals surface area contributed by atoms with Gasteiger partial charge in [0, 0.05) is 17.1 Å². The minimum Gasteiger partial charge on any atom is -0.497 e. The van der Waals surface area contributed by atoms with Crippen molar-refractivity contribution in [3.63, 3.8) is 0 Å². The number of carbonyl (C=O) groups excluding carboxylic acids is 1. The first kappa shape index (κ1) is 21.6. The number of thiophene rings is 1. The molecule has 1 amide bonds. The lowest BCUT2D eigenvalue weighted by Crippen LogP contribution is -2.24. The van der Waals surface area contributed by atoms with Crippen LogP contribution in [0.15, 0.2) is 46.9 Å². The first-order valence-electron chi connectivity index (χ1n) is 10.3. The van der Waals surface area contributed by atoms with E-state index < -0.39 is 0 Å². The molecule has 0 saturated heterocycles. The number of thioether (sulfide) groups is 1. The van der Waals surface area contributed by atoms with Crippen molar-refractivity contribution < 1.29 is 9.53 Å². The van der Waals surface area contributed by atoms with Gasteiger partial charge in [0.2, 0.25) is 5.91 Å². The molecule has 31 heavy (non-hydrogen) atoms. The maximum absolute atomic E-state index is 13.3. The molecule has 0 radical (unpaired) electrons. The van der Waals surface area contributed by atoms with Crippen molar-refractivity contribution in [2.75, 3.05) is 18.2 Å². The summed E-state index contributed by atoms with van der Waals surface area (Å²) in [7, 11) is 1.60. The quantitative estimate of drug-likeness (QED) is 0.243. The number of ether oxygens (including phenoxy) is 1. The first-order valence-corrected chi connectivity index (χ1v) is 12.1. The molecule has 3 aromatic rings. The van der Waals surface area contributed by atoms with Gasteiger partial charge in [0.1, 0.15) is 10.6 Å². The number of fused-ring (bicyclic) bond motifs is 3. The topological polar surface area (TPSA) is 73.2 Å². The molecule has 0 fully saturated rings. The highest BCUT2D eigenvalue weighted by molar-refractivity contribution is 7.99. The summed E-state index contributed by atoms with van der Waals surface area (Å²) in [6.07, 6.45) is 7.13. The number of anilines is 1. The molecule has 1 aliphatic carbocycles. The van der Waals surface area contributed by atoms with E-state index >= 15 is 0 Å². The standard InChI is InChI=1S/C23H25N3O3S2/c1-3-13-26-22(28)20-17-7-5-4-6-8-18(17)31-21(20)25-23(26)30-14-19(27)24-15-9-11-16(29-2)12-10-15/h3,9-12H,1,4-8,13-14H2,2H3,(H,24,27). The number of methoxy groups -OCH3 is 1. The smallest absolute Gasteiger partial charge is 0.263 e. The molecule has 0 atom stereocenters.